The molecule has 2 heterocycles. The maximum Gasteiger partial charge on any atom is 0.330 e. The van der Waals surface area contributed by atoms with Crippen LogP contribution in [0.2, 0.25) is 0 Å². The zero-order chi connectivity index (χ0) is 19.3. The van der Waals surface area contributed by atoms with Crippen molar-refractivity contribution in [3.05, 3.63) is 27.0 Å². The monoisotopic (exact) mass is 482 g/mol. The summed E-state index contributed by atoms with van der Waals surface area (Å²) in [6.45, 7) is -0.302. The molecule has 0 radical (unpaired) electrons. The van der Waals surface area contributed by atoms with E-state index in [0.29, 0.717) is 0 Å². The molecule has 1 aliphatic heterocycles. The van der Waals surface area contributed by atoms with Crippen molar-refractivity contribution in [2.24, 2.45) is 0 Å². The molecule has 0 aliphatic carbocycles. The van der Waals surface area contributed by atoms with Crippen molar-refractivity contribution in [3.63, 3.8) is 0 Å². The molecule has 0 unspecified atom stereocenters. The summed E-state index contributed by atoms with van der Waals surface area (Å²) < 4.78 is 6.68. The number of carbonyl (C=O) groups excluding carboxylic acids is 2. The van der Waals surface area contributed by atoms with Crippen molar-refractivity contribution >= 4 is 40.1 Å². The predicted octanol–water partition coefficient (Wildman–Crippen LogP) is -1.94. The first-order valence-corrected chi connectivity index (χ1v) is 9.30. The smallest absolute Gasteiger partial charge is 0.330 e. The molecule has 144 valence electrons. The highest BCUT2D eigenvalue weighted by atomic mass is 127. The summed E-state index contributed by atoms with van der Waals surface area (Å²) in [5, 5.41) is 23.8. The topological polar surface area (TPSA) is 163 Å². The first kappa shape index (κ1) is 20.5. The van der Waals surface area contributed by atoms with Crippen molar-refractivity contribution in [2.75, 3.05) is 22.9 Å². The molecule has 3 atom stereocenters. The maximum atomic E-state index is 12.0. The number of anilines is 1. The molecule has 12 heteroatoms. The number of amides is 2. The molecule has 1 aromatic heterocycles. The van der Waals surface area contributed by atoms with E-state index in [1.165, 1.54) is 0 Å². The fourth-order valence-electron chi connectivity index (χ4n) is 2.41. The Morgan fingerprint density at radius 3 is 2.73 bits per heavy atom. The minimum atomic E-state index is -0.955. The van der Waals surface area contributed by atoms with Crippen LogP contribution in [-0.4, -0.2) is 61.4 Å². The van der Waals surface area contributed by atoms with E-state index >= 15 is 0 Å². The number of aliphatic hydroxyl groups is 2. The number of halogens is 1. The number of alkyl halides is 1. The van der Waals surface area contributed by atoms with E-state index in [1.54, 1.807) is 0 Å². The third-order valence-electron chi connectivity index (χ3n) is 3.73. The van der Waals surface area contributed by atoms with Crippen LogP contribution in [0, 0.1) is 0 Å². The molecule has 0 bridgehead atoms. The standard InChI is InChI=1S/C14H19IN4O7/c15-4-11(23)16-2-1-10(22)17-7-5-19(14(25)18-13(7)24)12-3-8(21)9(6-20)26-12/h5,8-9,12,20-21H,1-4,6H2,(H,16,23)(H,17,22)(H,18,24,25)/t8-,9+,12+/m0/s1. The Labute approximate surface area is 160 Å². The zero-order valence-electron chi connectivity index (χ0n) is 13.6. The maximum absolute atomic E-state index is 12.0. The van der Waals surface area contributed by atoms with Crippen LogP contribution in [0.25, 0.3) is 0 Å². The van der Waals surface area contributed by atoms with Crippen molar-refractivity contribution in [1.29, 1.82) is 0 Å². The van der Waals surface area contributed by atoms with Gasteiger partial charge in [0.1, 0.15) is 18.0 Å². The van der Waals surface area contributed by atoms with Crippen LogP contribution in [0.5, 0.6) is 0 Å². The molecule has 2 rings (SSSR count). The average Bonchev–Trinajstić information content (AvgIpc) is 2.97. The Balaban J connectivity index is 2.08. The number of nitrogens with one attached hydrogen (secondary N) is 3. The van der Waals surface area contributed by atoms with Crippen LogP contribution in [-0.2, 0) is 14.3 Å². The van der Waals surface area contributed by atoms with Gasteiger partial charge in [0.15, 0.2) is 0 Å². The number of H-pyrrole nitrogens is 1. The van der Waals surface area contributed by atoms with Crippen LogP contribution in [0.4, 0.5) is 5.69 Å². The van der Waals surface area contributed by atoms with Gasteiger partial charge in [-0.2, -0.15) is 0 Å². The third-order valence-corrected chi connectivity index (χ3v) is 4.42. The van der Waals surface area contributed by atoms with E-state index in [1.807, 2.05) is 22.6 Å². The van der Waals surface area contributed by atoms with E-state index in [-0.39, 0.29) is 35.4 Å². The van der Waals surface area contributed by atoms with Crippen molar-refractivity contribution < 1.29 is 24.5 Å². The van der Waals surface area contributed by atoms with Crippen molar-refractivity contribution in [3.8, 4) is 0 Å². The lowest BCUT2D eigenvalue weighted by Gasteiger charge is -2.15. The van der Waals surface area contributed by atoms with E-state index in [0.717, 1.165) is 10.8 Å². The Hall–Kier alpha value is -1.77. The minimum Gasteiger partial charge on any atom is -0.394 e. The van der Waals surface area contributed by atoms with Gasteiger partial charge in [-0.3, -0.25) is 23.9 Å². The molecular formula is C14H19IN4O7. The van der Waals surface area contributed by atoms with Gasteiger partial charge in [0.25, 0.3) is 5.56 Å². The number of aromatic nitrogens is 2. The highest BCUT2D eigenvalue weighted by Gasteiger charge is 2.35. The van der Waals surface area contributed by atoms with Gasteiger partial charge < -0.3 is 25.6 Å². The number of hydrogen-bond donors (Lipinski definition) is 5. The Morgan fingerprint density at radius 2 is 2.12 bits per heavy atom. The van der Waals surface area contributed by atoms with Crippen LogP contribution in [0.3, 0.4) is 0 Å². The number of carbonyl (C=O) groups is 2. The highest BCUT2D eigenvalue weighted by Crippen LogP contribution is 2.27. The van der Waals surface area contributed by atoms with Crippen LogP contribution in [0.1, 0.15) is 19.1 Å². The summed E-state index contributed by atoms with van der Waals surface area (Å²) >= 11 is 1.89. The average molecular weight is 482 g/mol. The van der Waals surface area contributed by atoms with E-state index in [9.17, 15) is 24.3 Å². The Bertz CT molecular complexity index is 777. The van der Waals surface area contributed by atoms with Crippen LogP contribution in [0.15, 0.2) is 15.8 Å². The number of hydrogen-bond acceptors (Lipinski definition) is 7. The number of rotatable bonds is 7. The van der Waals surface area contributed by atoms with Crippen molar-refractivity contribution in [2.45, 2.75) is 31.3 Å². The van der Waals surface area contributed by atoms with Gasteiger partial charge in [-0.05, 0) is 0 Å². The SMILES string of the molecule is O=C(CI)NCCC(=O)Nc1cn([C@H]2C[C@H](O)[C@@H](CO)O2)c(=O)[nH]c1=O. The number of aliphatic hydroxyl groups excluding tert-OH is 2. The summed E-state index contributed by atoms with van der Waals surface area (Å²) in [6.07, 6.45) is -1.55. The second-order valence-electron chi connectivity index (χ2n) is 5.61. The largest absolute Gasteiger partial charge is 0.394 e. The molecule has 0 spiro atoms. The fourth-order valence-corrected chi connectivity index (χ4v) is 2.68. The molecule has 0 saturated carbocycles. The Morgan fingerprint density at radius 1 is 1.38 bits per heavy atom. The molecule has 11 nitrogen and oxygen atoms in total. The van der Waals surface area contributed by atoms with E-state index in [2.05, 4.69) is 15.6 Å². The molecule has 2 amide bonds. The highest BCUT2D eigenvalue weighted by molar-refractivity contribution is 14.1. The van der Waals surface area contributed by atoms with Gasteiger partial charge in [0, 0.05) is 25.6 Å². The Kier molecular flexibility index (Phi) is 7.31. The molecule has 1 fully saturated rings. The molecular weight excluding hydrogens is 463 g/mol. The summed E-state index contributed by atoms with van der Waals surface area (Å²) in [6, 6.07) is 0. The minimum absolute atomic E-state index is 0.0485. The first-order valence-electron chi connectivity index (χ1n) is 7.78. The van der Waals surface area contributed by atoms with E-state index in [4.69, 9.17) is 9.84 Å². The molecule has 1 aromatic rings. The fraction of sp³-hybridized carbons (Fsp3) is 0.571. The van der Waals surface area contributed by atoms with E-state index < -0.39 is 42.2 Å². The lowest BCUT2D eigenvalue weighted by atomic mass is 10.2. The molecule has 1 saturated heterocycles. The second kappa shape index (κ2) is 9.25. The van der Waals surface area contributed by atoms with Gasteiger partial charge in [-0.25, -0.2) is 4.79 Å². The van der Waals surface area contributed by atoms with Crippen LogP contribution >= 0.6 is 22.6 Å². The second-order valence-corrected chi connectivity index (χ2v) is 6.37. The van der Waals surface area contributed by atoms with Gasteiger partial charge in [-0.1, -0.05) is 22.6 Å². The molecule has 26 heavy (non-hydrogen) atoms. The lowest BCUT2D eigenvalue weighted by Crippen LogP contribution is -2.35. The van der Waals surface area contributed by atoms with Crippen LogP contribution < -0.4 is 21.9 Å². The zero-order valence-corrected chi connectivity index (χ0v) is 15.8. The normalized spacial score (nSPS) is 22.2. The third kappa shape index (κ3) is 5.12. The summed E-state index contributed by atoms with van der Waals surface area (Å²) in [7, 11) is 0. The van der Waals surface area contributed by atoms with Gasteiger partial charge in [0.05, 0.1) is 17.1 Å². The molecule has 1 aliphatic rings. The van der Waals surface area contributed by atoms with Gasteiger partial charge in [0.2, 0.25) is 11.8 Å². The quantitative estimate of drug-likeness (QED) is 0.223. The molecule has 5 N–H and O–H groups in total. The number of aromatic amines is 1. The van der Waals surface area contributed by atoms with Gasteiger partial charge >= 0.3 is 5.69 Å². The number of nitrogens with zero attached hydrogens (tertiary/aromatic N) is 1. The van der Waals surface area contributed by atoms with Gasteiger partial charge in [-0.15, -0.1) is 0 Å². The molecule has 0 aromatic carbocycles. The van der Waals surface area contributed by atoms with Crippen molar-refractivity contribution in [1.82, 2.24) is 14.9 Å². The lowest BCUT2D eigenvalue weighted by molar-refractivity contribution is -0.118. The number of ether oxygens (including phenoxy) is 1. The summed E-state index contributed by atoms with van der Waals surface area (Å²) in [5.74, 6) is -0.727. The summed E-state index contributed by atoms with van der Waals surface area (Å²) in [4.78, 5) is 48.9. The predicted molar refractivity (Wildman–Crippen MR) is 98.1 cm³/mol. The summed E-state index contributed by atoms with van der Waals surface area (Å²) in [5.41, 5.74) is -1.72. The first-order chi connectivity index (χ1) is 12.3.